The second kappa shape index (κ2) is 4.52. The fourth-order valence-electron chi connectivity index (χ4n) is 2.63. The molecule has 0 saturated carbocycles. The third-order valence-corrected chi connectivity index (χ3v) is 4.10. The Morgan fingerprint density at radius 3 is 2.95 bits per heavy atom. The number of hydrogen-bond donors (Lipinski definition) is 2. The van der Waals surface area contributed by atoms with E-state index in [9.17, 15) is 9.59 Å². The SMILES string of the molecule is CC1C=C(Br)C=C2C1=CNN2C1CCC(=O)NC1=O. The molecule has 6 heteroatoms. The number of nitrogens with one attached hydrogen (secondary N) is 2. The first-order valence-corrected chi connectivity index (χ1v) is 7.04. The first kappa shape index (κ1) is 12.5. The van der Waals surface area contributed by atoms with Crippen molar-refractivity contribution in [3.63, 3.8) is 0 Å². The van der Waals surface area contributed by atoms with Crippen LogP contribution in [0.25, 0.3) is 0 Å². The van der Waals surface area contributed by atoms with E-state index >= 15 is 0 Å². The Bertz CT molecular complexity index is 550. The maximum Gasteiger partial charge on any atom is 0.251 e. The van der Waals surface area contributed by atoms with Gasteiger partial charge in [-0.25, -0.2) is 0 Å². The number of hydrazine groups is 1. The average Bonchev–Trinajstić information content (AvgIpc) is 2.73. The Morgan fingerprint density at radius 2 is 2.21 bits per heavy atom. The summed E-state index contributed by atoms with van der Waals surface area (Å²) < 4.78 is 1.01. The molecule has 5 nitrogen and oxygen atoms in total. The highest BCUT2D eigenvalue weighted by atomic mass is 79.9. The maximum atomic E-state index is 11.9. The molecule has 100 valence electrons. The molecule has 1 fully saturated rings. The van der Waals surface area contributed by atoms with Crippen molar-refractivity contribution in [1.29, 1.82) is 0 Å². The Hall–Kier alpha value is -1.56. The second-order valence-electron chi connectivity index (χ2n) is 4.94. The van der Waals surface area contributed by atoms with Gasteiger partial charge in [-0.3, -0.25) is 19.9 Å². The molecule has 2 N–H and O–H groups in total. The molecule has 0 aromatic heterocycles. The molecule has 0 bridgehead atoms. The number of halogens is 1. The van der Waals surface area contributed by atoms with Crippen LogP contribution < -0.4 is 10.7 Å². The molecule has 0 radical (unpaired) electrons. The molecule has 2 amide bonds. The summed E-state index contributed by atoms with van der Waals surface area (Å²) in [5, 5.41) is 4.24. The van der Waals surface area contributed by atoms with Crippen molar-refractivity contribution in [1.82, 2.24) is 15.8 Å². The number of nitrogens with zero attached hydrogens (tertiary/aromatic N) is 1. The lowest BCUT2D eigenvalue weighted by atomic mass is 9.94. The number of fused-ring (bicyclic) bond motifs is 1. The van der Waals surface area contributed by atoms with Crippen LogP contribution in [-0.4, -0.2) is 22.9 Å². The normalized spacial score (nSPS) is 30.0. The highest BCUT2D eigenvalue weighted by Crippen LogP contribution is 2.36. The van der Waals surface area contributed by atoms with Gasteiger partial charge in [-0.15, -0.1) is 0 Å². The summed E-state index contributed by atoms with van der Waals surface area (Å²) in [5.41, 5.74) is 5.30. The van der Waals surface area contributed by atoms with Crippen LogP contribution in [0.3, 0.4) is 0 Å². The molecule has 1 aliphatic carbocycles. The molecule has 3 aliphatic rings. The molecular weight excluding hydrogens is 310 g/mol. The Balaban J connectivity index is 1.87. The molecule has 0 aromatic carbocycles. The van der Waals surface area contributed by atoms with Gasteiger partial charge in [0, 0.05) is 28.6 Å². The van der Waals surface area contributed by atoms with E-state index in [1.165, 1.54) is 0 Å². The topological polar surface area (TPSA) is 61.4 Å². The largest absolute Gasteiger partial charge is 0.305 e. The zero-order valence-corrected chi connectivity index (χ0v) is 12.0. The van der Waals surface area contributed by atoms with Gasteiger partial charge >= 0.3 is 0 Å². The summed E-state index contributed by atoms with van der Waals surface area (Å²) in [6, 6.07) is -0.344. The number of carbonyl (C=O) groups is 2. The van der Waals surface area contributed by atoms with Gasteiger partial charge in [0.25, 0.3) is 5.91 Å². The number of imide groups is 1. The van der Waals surface area contributed by atoms with Crippen LogP contribution >= 0.6 is 15.9 Å². The van der Waals surface area contributed by atoms with Crippen LogP contribution in [0.1, 0.15) is 19.8 Å². The molecule has 0 aromatic rings. The molecular formula is C13H14BrN3O2. The molecule has 1 saturated heterocycles. The van der Waals surface area contributed by atoms with E-state index in [0.29, 0.717) is 18.8 Å². The zero-order chi connectivity index (χ0) is 13.6. The van der Waals surface area contributed by atoms with Crippen molar-refractivity contribution in [2.24, 2.45) is 5.92 Å². The summed E-state index contributed by atoms with van der Waals surface area (Å²) in [7, 11) is 0. The molecule has 0 spiro atoms. The van der Waals surface area contributed by atoms with Gasteiger partial charge in [0.1, 0.15) is 6.04 Å². The second-order valence-corrected chi connectivity index (χ2v) is 5.85. The molecule has 3 rings (SSSR count). The Labute approximate surface area is 119 Å². The van der Waals surface area contributed by atoms with Gasteiger partial charge in [-0.1, -0.05) is 28.9 Å². The summed E-state index contributed by atoms with van der Waals surface area (Å²) in [5.74, 6) is -0.140. The van der Waals surface area contributed by atoms with E-state index in [2.05, 4.69) is 39.7 Å². The molecule has 2 atom stereocenters. The van der Waals surface area contributed by atoms with Crippen molar-refractivity contribution in [3.05, 3.63) is 34.1 Å². The van der Waals surface area contributed by atoms with Crippen LogP contribution in [0.15, 0.2) is 34.1 Å². The highest BCUT2D eigenvalue weighted by Gasteiger charge is 2.37. The molecule has 2 heterocycles. The standard InChI is InChI=1S/C13H14BrN3O2/c1-7-4-8(14)5-11-9(7)6-15-17(11)10-2-3-12(18)16-13(10)19/h4-7,10,15H,2-3H2,1H3,(H,16,18,19). The highest BCUT2D eigenvalue weighted by molar-refractivity contribution is 9.11. The lowest BCUT2D eigenvalue weighted by Gasteiger charge is -2.33. The summed E-state index contributed by atoms with van der Waals surface area (Å²) in [6.07, 6.45) is 6.95. The monoisotopic (exact) mass is 323 g/mol. The number of allylic oxidation sites excluding steroid dienone is 4. The Morgan fingerprint density at radius 1 is 1.42 bits per heavy atom. The van der Waals surface area contributed by atoms with Crippen molar-refractivity contribution in [3.8, 4) is 0 Å². The van der Waals surface area contributed by atoms with Crippen LogP contribution in [0.2, 0.25) is 0 Å². The smallest absolute Gasteiger partial charge is 0.251 e. The zero-order valence-electron chi connectivity index (χ0n) is 10.4. The van der Waals surface area contributed by atoms with Crippen LogP contribution in [0.4, 0.5) is 0 Å². The van der Waals surface area contributed by atoms with Gasteiger partial charge in [0.2, 0.25) is 5.91 Å². The third kappa shape index (κ3) is 2.10. The fourth-order valence-corrected chi connectivity index (χ4v) is 3.25. The van der Waals surface area contributed by atoms with Crippen molar-refractivity contribution < 1.29 is 9.59 Å². The van der Waals surface area contributed by atoms with E-state index in [1.807, 2.05) is 17.3 Å². The molecule has 2 aliphatic heterocycles. The lowest BCUT2D eigenvalue weighted by Crippen LogP contribution is -2.54. The first-order chi connectivity index (χ1) is 9.06. The van der Waals surface area contributed by atoms with E-state index in [4.69, 9.17) is 0 Å². The predicted octanol–water partition coefficient (Wildman–Crippen LogP) is 1.31. The van der Waals surface area contributed by atoms with Crippen LogP contribution in [-0.2, 0) is 9.59 Å². The van der Waals surface area contributed by atoms with E-state index in [0.717, 1.165) is 15.8 Å². The van der Waals surface area contributed by atoms with Gasteiger partial charge in [-0.05, 0) is 12.5 Å². The van der Waals surface area contributed by atoms with E-state index in [1.54, 1.807) is 0 Å². The maximum absolute atomic E-state index is 11.9. The van der Waals surface area contributed by atoms with E-state index in [-0.39, 0.29) is 17.9 Å². The molecule has 2 unspecified atom stereocenters. The quantitative estimate of drug-likeness (QED) is 0.714. The van der Waals surface area contributed by atoms with Crippen molar-refractivity contribution in [2.75, 3.05) is 0 Å². The van der Waals surface area contributed by atoms with Gasteiger partial charge in [0.05, 0.1) is 5.70 Å². The number of amides is 2. The number of carbonyl (C=O) groups excluding carboxylic acids is 2. The predicted molar refractivity (Wildman–Crippen MR) is 73.5 cm³/mol. The van der Waals surface area contributed by atoms with Crippen LogP contribution in [0.5, 0.6) is 0 Å². The minimum Gasteiger partial charge on any atom is -0.305 e. The van der Waals surface area contributed by atoms with Crippen LogP contribution in [0, 0.1) is 5.92 Å². The Kier molecular flexibility index (Phi) is 2.97. The minimum absolute atomic E-state index is 0.194. The van der Waals surface area contributed by atoms with E-state index < -0.39 is 0 Å². The first-order valence-electron chi connectivity index (χ1n) is 6.25. The number of piperidine rings is 1. The summed E-state index contributed by atoms with van der Waals surface area (Å²) in [6.45, 7) is 2.11. The van der Waals surface area contributed by atoms with Crippen molar-refractivity contribution in [2.45, 2.75) is 25.8 Å². The summed E-state index contributed by atoms with van der Waals surface area (Å²) in [4.78, 5) is 23.1. The average molecular weight is 324 g/mol. The summed E-state index contributed by atoms with van der Waals surface area (Å²) >= 11 is 3.49. The fraction of sp³-hybridized carbons (Fsp3) is 0.385. The van der Waals surface area contributed by atoms with Crippen molar-refractivity contribution >= 4 is 27.7 Å². The third-order valence-electron chi connectivity index (χ3n) is 3.61. The number of rotatable bonds is 1. The van der Waals surface area contributed by atoms with Gasteiger partial charge in [0.15, 0.2) is 0 Å². The van der Waals surface area contributed by atoms with Gasteiger partial charge < -0.3 is 5.43 Å². The van der Waals surface area contributed by atoms with Gasteiger partial charge in [-0.2, -0.15) is 0 Å². The molecule has 19 heavy (non-hydrogen) atoms. The lowest BCUT2D eigenvalue weighted by molar-refractivity contribution is -0.137. The number of hydrogen-bond acceptors (Lipinski definition) is 4. The minimum atomic E-state index is -0.344.